The van der Waals surface area contributed by atoms with Crippen LogP contribution in [0.4, 0.5) is 20.2 Å². The predicted octanol–water partition coefficient (Wildman–Crippen LogP) is 2.96. The molecule has 0 amide bonds. The van der Waals surface area contributed by atoms with Gasteiger partial charge in [-0.3, -0.25) is 4.31 Å². The first-order chi connectivity index (χ1) is 14.8. The number of nitrogens with one attached hydrogen (secondary N) is 1. The molecule has 1 fully saturated rings. The van der Waals surface area contributed by atoms with Gasteiger partial charge in [0.1, 0.15) is 5.75 Å². The van der Waals surface area contributed by atoms with Crippen LogP contribution in [0.5, 0.6) is 17.2 Å². The zero-order chi connectivity index (χ0) is 22.6. The Morgan fingerprint density at radius 3 is 2.22 bits per heavy atom. The number of sulfonamides is 1. The van der Waals surface area contributed by atoms with Crippen LogP contribution in [0.1, 0.15) is 0 Å². The second-order valence-electron chi connectivity index (χ2n) is 6.76. The van der Waals surface area contributed by atoms with E-state index in [2.05, 4.69) is 15.0 Å². The summed E-state index contributed by atoms with van der Waals surface area (Å²) >= 11 is 0. The molecule has 0 unspecified atom stereocenters. The van der Waals surface area contributed by atoms with Gasteiger partial charge in [-0.15, -0.1) is 12.4 Å². The van der Waals surface area contributed by atoms with Crippen molar-refractivity contribution >= 4 is 33.8 Å². The SMILES string of the molecule is COc1ccc(N(C)S(=O)(=O)c2ccc(OC)c(N3CCNCC3)c2)cc1OC(F)F.Cl. The summed E-state index contributed by atoms with van der Waals surface area (Å²) in [5.41, 5.74) is 0.825. The van der Waals surface area contributed by atoms with Crippen molar-refractivity contribution in [2.24, 2.45) is 0 Å². The first-order valence-corrected chi connectivity index (χ1v) is 11.0. The van der Waals surface area contributed by atoms with E-state index in [0.29, 0.717) is 24.5 Å². The number of anilines is 2. The molecule has 3 rings (SSSR count). The smallest absolute Gasteiger partial charge is 0.387 e. The monoisotopic (exact) mass is 493 g/mol. The van der Waals surface area contributed by atoms with Crippen molar-refractivity contribution in [3.63, 3.8) is 0 Å². The Morgan fingerprint density at radius 1 is 1.00 bits per heavy atom. The number of methoxy groups -OCH3 is 2. The molecule has 0 atom stereocenters. The van der Waals surface area contributed by atoms with Gasteiger partial charge in [-0.25, -0.2) is 8.42 Å². The Balaban J connectivity index is 0.00000363. The first kappa shape index (κ1) is 25.8. The van der Waals surface area contributed by atoms with Gasteiger partial charge in [0.25, 0.3) is 10.0 Å². The van der Waals surface area contributed by atoms with Crippen molar-refractivity contribution in [1.29, 1.82) is 0 Å². The summed E-state index contributed by atoms with van der Waals surface area (Å²) in [5.74, 6) is 0.383. The van der Waals surface area contributed by atoms with Crippen LogP contribution < -0.4 is 28.7 Å². The van der Waals surface area contributed by atoms with Gasteiger partial charge >= 0.3 is 6.61 Å². The van der Waals surface area contributed by atoms with Gasteiger partial charge in [0.2, 0.25) is 0 Å². The van der Waals surface area contributed by atoms with Crippen molar-refractivity contribution < 1.29 is 31.4 Å². The fourth-order valence-corrected chi connectivity index (χ4v) is 4.54. The van der Waals surface area contributed by atoms with Crippen LogP contribution in [-0.4, -0.2) is 62.5 Å². The lowest BCUT2D eigenvalue weighted by atomic mass is 10.2. The first-order valence-electron chi connectivity index (χ1n) is 9.53. The van der Waals surface area contributed by atoms with E-state index < -0.39 is 16.6 Å². The van der Waals surface area contributed by atoms with Crippen LogP contribution >= 0.6 is 12.4 Å². The summed E-state index contributed by atoms with van der Waals surface area (Å²) < 4.78 is 67.9. The molecule has 1 aliphatic heterocycles. The molecule has 8 nitrogen and oxygen atoms in total. The minimum Gasteiger partial charge on any atom is -0.495 e. The maximum Gasteiger partial charge on any atom is 0.387 e. The Kier molecular flexibility index (Phi) is 8.76. The maximum absolute atomic E-state index is 13.3. The predicted molar refractivity (Wildman–Crippen MR) is 121 cm³/mol. The van der Waals surface area contributed by atoms with Crippen LogP contribution in [0.2, 0.25) is 0 Å². The highest BCUT2D eigenvalue weighted by Crippen LogP contribution is 2.36. The van der Waals surface area contributed by atoms with E-state index >= 15 is 0 Å². The van der Waals surface area contributed by atoms with Crippen molar-refractivity contribution in [3.05, 3.63) is 36.4 Å². The molecule has 32 heavy (non-hydrogen) atoms. The number of halogens is 3. The summed E-state index contributed by atoms with van der Waals surface area (Å²) in [6.45, 7) is -0.1000. The molecule has 12 heteroatoms. The molecule has 0 aliphatic carbocycles. The Hall–Kier alpha value is -2.50. The number of nitrogens with zero attached hydrogens (tertiary/aromatic N) is 2. The number of piperazine rings is 1. The second kappa shape index (κ2) is 10.9. The number of ether oxygens (including phenoxy) is 3. The van der Waals surface area contributed by atoms with Gasteiger partial charge in [0.15, 0.2) is 11.5 Å². The van der Waals surface area contributed by atoms with E-state index in [-0.39, 0.29) is 34.5 Å². The van der Waals surface area contributed by atoms with Gasteiger partial charge < -0.3 is 24.4 Å². The molecule has 1 aliphatic rings. The van der Waals surface area contributed by atoms with Crippen molar-refractivity contribution in [2.75, 3.05) is 56.7 Å². The Bertz CT molecular complexity index is 1020. The summed E-state index contributed by atoms with van der Waals surface area (Å²) in [7, 11) is 0.193. The number of benzene rings is 2. The second-order valence-corrected chi connectivity index (χ2v) is 8.73. The standard InChI is InChI=1S/C20H25F2N3O5S.ClH/c1-24(14-4-6-18(29-3)19(12-14)30-20(21)22)31(26,27)15-5-7-17(28-2)16(13-15)25-10-8-23-9-11-25;/h4-7,12-13,20,23H,8-11H2,1-3H3;1H. The lowest BCUT2D eigenvalue weighted by Gasteiger charge is -2.31. The van der Waals surface area contributed by atoms with E-state index in [1.165, 1.54) is 45.5 Å². The molecule has 0 saturated carbocycles. The fraction of sp³-hybridized carbons (Fsp3) is 0.400. The van der Waals surface area contributed by atoms with Gasteiger partial charge in [-0.1, -0.05) is 0 Å². The molecule has 178 valence electrons. The highest BCUT2D eigenvalue weighted by molar-refractivity contribution is 7.92. The largest absolute Gasteiger partial charge is 0.495 e. The molecule has 0 radical (unpaired) electrons. The molecule has 0 aromatic heterocycles. The lowest BCUT2D eigenvalue weighted by molar-refractivity contribution is -0.0511. The highest BCUT2D eigenvalue weighted by Gasteiger charge is 2.26. The quantitative estimate of drug-likeness (QED) is 0.605. The van der Waals surface area contributed by atoms with Crippen molar-refractivity contribution in [2.45, 2.75) is 11.5 Å². The average molecular weight is 494 g/mol. The summed E-state index contributed by atoms with van der Waals surface area (Å²) in [6.07, 6.45) is 0. The fourth-order valence-electron chi connectivity index (χ4n) is 3.33. The summed E-state index contributed by atoms with van der Waals surface area (Å²) in [4.78, 5) is 2.10. The number of rotatable bonds is 8. The molecular weight excluding hydrogens is 468 g/mol. The maximum atomic E-state index is 13.3. The van der Waals surface area contributed by atoms with Gasteiger partial charge in [-0.05, 0) is 30.3 Å². The number of hydrogen-bond acceptors (Lipinski definition) is 7. The number of hydrogen-bond donors (Lipinski definition) is 1. The third kappa shape index (κ3) is 5.45. The molecule has 0 bridgehead atoms. The molecule has 2 aromatic carbocycles. The van der Waals surface area contributed by atoms with Gasteiger partial charge in [0, 0.05) is 39.3 Å². The van der Waals surface area contributed by atoms with Crippen LogP contribution in [0, 0.1) is 0 Å². The lowest BCUT2D eigenvalue weighted by Crippen LogP contribution is -2.43. The Morgan fingerprint density at radius 2 is 1.62 bits per heavy atom. The Labute approximate surface area is 192 Å². The van der Waals surface area contributed by atoms with Gasteiger partial charge in [0.05, 0.1) is 30.5 Å². The average Bonchev–Trinajstić information content (AvgIpc) is 2.78. The molecule has 1 saturated heterocycles. The van der Waals surface area contributed by atoms with Crippen LogP contribution in [0.3, 0.4) is 0 Å². The van der Waals surface area contributed by atoms with Crippen LogP contribution in [0.15, 0.2) is 41.3 Å². The normalized spacial score (nSPS) is 14.0. The minimum atomic E-state index is -3.99. The molecular formula is C20H26ClF2N3O5S. The topological polar surface area (TPSA) is 80.3 Å². The van der Waals surface area contributed by atoms with E-state index in [1.807, 2.05) is 0 Å². The summed E-state index contributed by atoms with van der Waals surface area (Å²) in [5, 5.41) is 3.25. The minimum absolute atomic E-state index is 0. The third-order valence-corrected chi connectivity index (χ3v) is 6.77. The molecule has 0 spiro atoms. The van der Waals surface area contributed by atoms with E-state index in [9.17, 15) is 17.2 Å². The molecule has 1 N–H and O–H groups in total. The zero-order valence-electron chi connectivity index (χ0n) is 17.9. The van der Waals surface area contributed by atoms with E-state index in [4.69, 9.17) is 9.47 Å². The zero-order valence-corrected chi connectivity index (χ0v) is 19.5. The van der Waals surface area contributed by atoms with Crippen LogP contribution in [-0.2, 0) is 10.0 Å². The van der Waals surface area contributed by atoms with Crippen LogP contribution in [0.25, 0.3) is 0 Å². The molecule has 1 heterocycles. The number of alkyl halides is 2. The molecule has 2 aromatic rings. The van der Waals surface area contributed by atoms with Crippen molar-refractivity contribution in [1.82, 2.24) is 5.32 Å². The summed E-state index contributed by atoms with van der Waals surface area (Å²) in [6, 6.07) is 8.65. The third-order valence-electron chi connectivity index (χ3n) is 4.99. The van der Waals surface area contributed by atoms with Crippen molar-refractivity contribution in [3.8, 4) is 17.2 Å². The van der Waals surface area contributed by atoms with E-state index in [1.54, 1.807) is 12.1 Å². The van der Waals surface area contributed by atoms with E-state index in [0.717, 1.165) is 17.4 Å². The highest BCUT2D eigenvalue weighted by atomic mass is 35.5. The van der Waals surface area contributed by atoms with Gasteiger partial charge in [-0.2, -0.15) is 8.78 Å².